The van der Waals surface area contributed by atoms with E-state index in [1.807, 2.05) is 6.92 Å². The Morgan fingerprint density at radius 3 is 1.59 bits per heavy atom. The molecule has 0 N–H and O–H groups in total. The minimum Gasteiger partial charge on any atom is -0.227 e. The fourth-order valence-electron chi connectivity index (χ4n) is 1.58. The molecule has 0 fully saturated rings. The highest BCUT2D eigenvalue weighted by Crippen LogP contribution is 2.48. The molecule has 0 amide bonds. The summed E-state index contributed by atoms with van der Waals surface area (Å²) in [7, 11) is 0. The average Bonchev–Trinajstić information content (AvgIpc) is 2.13. The normalized spacial score (nSPS) is 16.9. The Bertz CT molecular complexity index is 201. The molecule has 0 radical (unpaired) electrons. The molecule has 0 aromatic rings. The van der Waals surface area contributed by atoms with Crippen LogP contribution < -0.4 is 0 Å². The predicted molar refractivity (Wildman–Crippen MR) is 53.9 cm³/mol. The summed E-state index contributed by atoms with van der Waals surface area (Å²) in [4.78, 5) is 0. The van der Waals surface area contributed by atoms with E-state index in [4.69, 9.17) is 0 Å². The largest absolute Gasteiger partial charge is 0.428 e. The number of rotatable bonds is 7. The third-order valence-corrected chi connectivity index (χ3v) is 2.77. The van der Waals surface area contributed by atoms with Crippen molar-refractivity contribution in [3.8, 4) is 0 Å². The zero-order valence-corrected chi connectivity index (χ0v) is 10.0. The summed E-state index contributed by atoms with van der Waals surface area (Å²) in [6, 6.07) is 0. The molecule has 0 aromatic carbocycles. The van der Waals surface area contributed by atoms with Crippen molar-refractivity contribution in [3.05, 3.63) is 0 Å². The quantitative estimate of drug-likeness (QED) is 0.434. The van der Waals surface area contributed by atoms with Crippen molar-refractivity contribution >= 4 is 0 Å². The van der Waals surface area contributed by atoms with Gasteiger partial charge < -0.3 is 0 Å². The number of hydrogen-bond acceptors (Lipinski definition) is 0. The van der Waals surface area contributed by atoms with Crippen LogP contribution in [0.5, 0.6) is 0 Å². The summed E-state index contributed by atoms with van der Waals surface area (Å²) >= 11 is 0. The molecule has 0 aliphatic rings. The molecule has 0 spiro atoms. The number of alkyl halides is 6. The van der Waals surface area contributed by atoms with Gasteiger partial charge in [0.15, 0.2) is 0 Å². The molecule has 17 heavy (non-hydrogen) atoms. The number of unbranched alkanes of at least 4 members (excludes halogenated alkanes) is 4. The van der Waals surface area contributed by atoms with Gasteiger partial charge in [-0.05, 0) is 12.8 Å². The molecule has 0 nitrogen and oxygen atoms in total. The first-order valence-corrected chi connectivity index (χ1v) is 5.69. The van der Waals surface area contributed by atoms with Crippen LogP contribution >= 0.6 is 0 Å². The summed E-state index contributed by atoms with van der Waals surface area (Å²) in [6.45, 7) is 1.89. The molecule has 1 atom stereocenters. The van der Waals surface area contributed by atoms with Gasteiger partial charge in [0.1, 0.15) is 0 Å². The molecule has 0 saturated heterocycles. The van der Waals surface area contributed by atoms with Crippen LogP contribution in [-0.4, -0.2) is 17.8 Å². The minimum atomic E-state index is -5.53. The Balaban J connectivity index is 4.44. The molecular weight excluding hydrogens is 246 g/mol. The zero-order chi connectivity index (χ0) is 13.7. The maximum absolute atomic E-state index is 13.4. The van der Waals surface area contributed by atoms with E-state index in [9.17, 15) is 26.3 Å². The Labute approximate surface area is 97.4 Å². The van der Waals surface area contributed by atoms with Crippen LogP contribution in [0.25, 0.3) is 0 Å². The van der Waals surface area contributed by atoms with E-state index in [-0.39, 0.29) is 13.3 Å². The van der Waals surface area contributed by atoms with Crippen LogP contribution in [0.4, 0.5) is 26.3 Å². The Hall–Kier alpha value is -0.420. The van der Waals surface area contributed by atoms with Gasteiger partial charge >= 0.3 is 6.18 Å². The second kappa shape index (κ2) is 5.96. The van der Waals surface area contributed by atoms with Crippen molar-refractivity contribution in [3.63, 3.8) is 0 Å². The van der Waals surface area contributed by atoms with E-state index in [2.05, 4.69) is 0 Å². The topological polar surface area (TPSA) is 0 Å². The van der Waals surface area contributed by atoms with Gasteiger partial charge in [-0.2, -0.15) is 13.2 Å². The molecule has 0 aromatic heterocycles. The van der Waals surface area contributed by atoms with Crippen LogP contribution in [0.2, 0.25) is 0 Å². The first-order valence-electron chi connectivity index (χ1n) is 5.69. The van der Waals surface area contributed by atoms with Crippen molar-refractivity contribution in [2.24, 2.45) is 0 Å². The summed E-state index contributed by atoms with van der Waals surface area (Å²) in [6.07, 6.45) is -4.22. The van der Waals surface area contributed by atoms with Crippen molar-refractivity contribution in [1.82, 2.24) is 0 Å². The van der Waals surface area contributed by atoms with Gasteiger partial charge in [0, 0.05) is 6.92 Å². The average molecular weight is 264 g/mol. The molecule has 1 unspecified atom stereocenters. The van der Waals surface area contributed by atoms with Gasteiger partial charge in [-0.1, -0.05) is 32.6 Å². The fourth-order valence-corrected chi connectivity index (χ4v) is 1.58. The molecule has 0 saturated carbocycles. The van der Waals surface area contributed by atoms with Crippen LogP contribution in [0.1, 0.15) is 52.4 Å². The van der Waals surface area contributed by atoms with Crippen molar-refractivity contribution in [1.29, 1.82) is 0 Å². The molecule has 0 heterocycles. The zero-order valence-electron chi connectivity index (χ0n) is 10.0. The highest BCUT2D eigenvalue weighted by atomic mass is 19.4. The van der Waals surface area contributed by atoms with Crippen LogP contribution in [0, 0.1) is 0 Å². The number of hydrogen-bond donors (Lipinski definition) is 0. The standard InChI is InChI=1S/C11H18F6/c1-3-4-5-6-7-8-10(14,9(2,12)13)11(15,16)17/h3-8H2,1-2H3. The lowest BCUT2D eigenvalue weighted by molar-refractivity contribution is -0.299. The lowest BCUT2D eigenvalue weighted by Crippen LogP contribution is -2.53. The maximum Gasteiger partial charge on any atom is 0.428 e. The van der Waals surface area contributed by atoms with E-state index >= 15 is 0 Å². The van der Waals surface area contributed by atoms with Crippen LogP contribution in [-0.2, 0) is 0 Å². The van der Waals surface area contributed by atoms with Crippen molar-refractivity contribution in [2.45, 2.75) is 70.1 Å². The lowest BCUT2D eigenvalue weighted by atomic mass is 9.91. The summed E-state index contributed by atoms with van der Waals surface area (Å²) in [5, 5.41) is 0. The lowest BCUT2D eigenvalue weighted by Gasteiger charge is -2.32. The molecule has 0 rings (SSSR count). The van der Waals surface area contributed by atoms with Crippen LogP contribution in [0.15, 0.2) is 0 Å². The van der Waals surface area contributed by atoms with E-state index in [0.29, 0.717) is 12.8 Å². The molecule has 0 bridgehead atoms. The van der Waals surface area contributed by atoms with Gasteiger partial charge in [0.05, 0.1) is 0 Å². The third-order valence-electron chi connectivity index (χ3n) is 2.77. The highest BCUT2D eigenvalue weighted by Gasteiger charge is 2.67. The molecule has 104 valence electrons. The third kappa shape index (κ3) is 4.39. The summed E-state index contributed by atoms with van der Waals surface area (Å²) in [5.74, 6) is -4.41. The van der Waals surface area contributed by atoms with E-state index in [1.165, 1.54) is 0 Å². The van der Waals surface area contributed by atoms with Gasteiger partial charge in [0.25, 0.3) is 11.6 Å². The van der Waals surface area contributed by atoms with Gasteiger partial charge in [-0.3, -0.25) is 0 Å². The second-order valence-electron chi connectivity index (χ2n) is 4.35. The van der Waals surface area contributed by atoms with E-state index < -0.39 is 24.2 Å². The maximum atomic E-state index is 13.4. The molecule has 0 aliphatic heterocycles. The Morgan fingerprint density at radius 2 is 1.24 bits per heavy atom. The molecule has 6 heteroatoms. The Kier molecular flexibility index (Phi) is 5.81. The minimum absolute atomic E-state index is 0.0213. The van der Waals surface area contributed by atoms with Gasteiger partial charge in [0.2, 0.25) is 0 Å². The van der Waals surface area contributed by atoms with E-state index in [0.717, 1.165) is 12.8 Å². The van der Waals surface area contributed by atoms with Crippen molar-refractivity contribution < 1.29 is 26.3 Å². The monoisotopic (exact) mass is 264 g/mol. The first-order chi connectivity index (χ1) is 7.56. The molecular formula is C11H18F6. The van der Waals surface area contributed by atoms with Crippen LogP contribution in [0.3, 0.4) is 0 Å². The van der Waals surface area contributed by atoms with Gasteiger partial charge in [-0.15, -0.1) is 0 Å². The summed E-state index contributed by atoms with van der Waals surface area (Å²) in [5.41, 5.74) is -4.41. The second-order valence-corrected chi connectivity index (χ2v) is 4.35. The number of halogens is 6. The predicted octanol–water partition coefficient (Wildman–Crippen LogP) is 5.27. The van der Waals surface area contributed by atoms with E-state index in [1.54, 1.807) is 0 Å². The van der Waals surface area contributed by atoms with Gasteiger partial charge in [-0.25, -0.2) is 13.2 Å². The summed E-state index contributed by atoms with van der Waals surface area (Å²) < 4.78 is 75.9. The van der Waals surface area contributed by atoms with Crippen molar-refractivity contribution in [2.75, 3.05) is 0 Å². The fraction of sp³-hybridized carbons (Fsp3) is 1.00. The smallest absolute Gasteiger partial charge is 0.227 e. The Morgan fingerprint density at radius 1 is 0.765 bits per heavy atom. The molecule has 0 aliphatic carbocycles. The SMILES string of the molecule is CCCCCCCC(F)(C(C)(F)F)C(F)(F)F. The highest BCUT2D eigenvalue weighted by molar-refractivity contribution is 4.97. The first kappa shape index (κ1) is 16.6.